The third kappa shape index (κ3) is 0.870. The Morgan fingerprint density at radius 2 is 0.462 bits per heavy atom. The van der Waals surface area contributed by atoms with E-state index in [1.165, 1.54) is 0 Å². The van der Waals surface area contributed by atoms with E-state index in [0.29, 0.717) is 0 Å². The molecule has 9 heteroatoms. The molecule has 13 heavy (non-hydrogen) atoms. The van der Waals surface area contributed by atoms with Gasteiger partial charge < -0.3 is 0 Å². The van der Waals surface area contributed by atoms with Crippen molar-refractivity contribution in [2.24, 2.45) is 0 Å². The van der Waals surface area contributed by atoms with Gasteiger partial charge in [-0.3, -0.25) is 0 Å². The minimum absolute atomic E-state index is 0. The van der Waals surface area contributed by atoms with Crippen LogP contribution in [0.2, 0.25) is 0 Å². The molecule has 0 saturated heterocycles. The Labute approximate surface area is 72.3 Å². The normalized spacial score (nSPS) is 31.4. The summed E-state index contributed by atoms with van der Waals surface area (Å²) < 4.78 is 92.9. The molecule has 1 fully saturated rings. The number of alkyl halides is 8. The molecule has 0 heterocycles. The van der Waals surface area contributed by atoms with Crippen LogP contribution in [0.15, 0.2) is 0 Å². The molecule has 0 atom stereocenters. The highest BCUT2D eigenvalue weighted by atomic mass is 35.5. The minimum atomic E-state index is -5.97. The van der Waals surface area contributed by atoms with Crippen molar-refractivity contribution in [2.45, 2.75) is 23.7 Å². The molecule has 80 valence electrons. The Morgan fingerprint density at radius 3 is 0.538 bits per heavy atom. The van der Waals surface area contributed by atoms with Crippen molar-refractivity contribution >= 4 is 12.4 Å². The molecule has 1 rings (SSSR count). The van der Waals surface area contributed by atoms with Gasteiger partial charge in [0.2, 0.25) is 0 Å². The van der Waals surface area contributed by atoms with E-state index < -0.39 is 23.7 Å². The first-order valence-electron chi connectivity index (χ1n) is 2.51. The molecular formula is C4HClF8. The second-order valence-corrected chi connectivity index (χ2v) is 2.30. The van der Waals surface area contributed by atoms with Gasteiger partial charge in [-0.05, 0) is 0 Å². The number of halogens is 9. The lowest BCUT2D eigenvalue weighted by Gasteiger charge is -2.49. The average Bonchev–Trinajstić information content (AvgIpc) is 1.84. The summed E-state index contributed by atoms with van der Waals surface area (Å²) in [6, 6.07) is 0. The van der Waals surface area contributed by atoms with E-state index in [4.69, 9.17) is 0 Å². The van der Waals surface area contributed by atoms with Crippen LogP contribution in [-0.2, 0) is 0 Å². The first kappa shape index (κ1) is 12.7. The maximum Gasteiger partial charge on any atom is 0.385 e. The molecule has 0 unspecified atom stereocenters. The van der Waals surface area contributed by atoms with Crippen LogP contribution in [0.4, 0.5) is 35.1 Å². The highest BCUT2D eigenvalue weighted by Crippen LogP contribution is 2.69. The lowest BCUT2D eigenvalue weighted by molar-refractivity contribution is -0.506. The molecule has 0 aromatic carbocycles. The van der Waals surface area contributed by atoms with Crippen molar-refractivity contribution in [3.8, 4) is 0 Å². The van der Waals surface area contributed by atoms with Crippen molar-refractivity contribution in [1.29, 1.82) is 0 Å². The van der Waals surface area contributed by atoms with Crippen molar-refractivity contribution in [1.82, 2.24) is 0 Å². The topological polar surface area (TPSA) is 0 Å². The lowest BCUT2D eigenvalue weighted by Crippen LogP contribution is -2.82. The first-order chi connectivity index (χ1) is 5.00. The molecule has 0 nitrogen and oxygen atoms in total. The van der Waals surface area contributed by atoms with Gasteiger partial charge >= 0.3 is 23.7 Å². The van der Waals surface area contributed by atoms with Gasteiger partial charge in [-0.1, -0.05) is 0 Å². The SMILES string of the molecule is Cl.FC1(F)C(F)(F)C(F)(F)C1(F)F. The van der Waals surface area contributed by atoms with Crippen molar-refractivity contribution in [3.63, 3.8) is 0 Å². The molecule has 0 aliphatic heterocycles. The van der Waals surface area contributed by atoms with Gasteiger partial charge in [-0.2, -0.15) is 35.1 Å². The van der Waals surface area contributed by atoms with Gasteiger partial charge in [0, 0.05) is 0 Å². The molecule has 1 aliphatic rings. The Hall–Kier alpha value is -0.270. The standard InChI is InChI=1S/C4F8.ClH/c5-1(6)2(7,8)4(11,12)3(1,9)10;/h;1H. The second kappa shape index (κ2) is 2.40. The summed E-state index contributed by atoms with van der Waals surface area (Å²) in [5.74, 6) is -23.9. The van der Waals surface area contributed by atoms with Gasteiger partial charge in [0.1, 0.15) is 0 Å². The zero-order valence-corrected chi connectivity index (χ0v) is 6.25. The summed E-state index contributed by atoms with van der Waals surface area (Å²) in [5.41, 5.74) is 0. The van der Waals surface area contributed by atoms with Crippen LogP contribution in [0.5, 0.6) is 0 Å². The summed E-state index contributed by atoms with van der Waals surface area (Å²) in [6.45, 7) is 0. The molecule has 0 N–H and O–H groups in total. The molecule has 1 saturated carbocycles. The summed E-state index contributed by atoms with van der Waals surface area (Å²) in [7, 11) is 0. The van der Waals surface area contributed by atoms with Crippen LogP contribution in [0.3, 0.4) is 0 Å². The van der Waals surface area contributed by atoms with Gasteiger partial charge in [0.15, 0.2) is 0 Å². The maximum absolute atomic E-state index is 11.6. The Bertz CT molecular complexity index is 156. The van der Waals surface area contributed by atoms with E-state index in [1.54, 1.807) is 0 Å². The fourth-order valence-corrected chi connectivity index (χ4v) is 0.726. The monoisotopic (exact) mass is 236 g/mol. The highest BCUT2D eigenvalue weighted by Gasteiger charge is 3.01. The predicted molar refractivity (Wildman–Crippen MR) is 27.0 cm³/mol. The number of hydrogen-bond donors (Lipinski definition) is 0. The summed E-state index contributed by atoms with van der Waals surface area (Å²) in [4.78, 5) is 0. The summed E-state index contributed by atoms with van der Waals surface area (Å²) in [5, 5.41) is 0. The third-order valence-corrected chi connectivity index (χ3v) is 1.58. The van der Waals surface area contributed by atoms with Crippen LogP contribution in [0, 0.1) is 0 Å². The van der Waals surface area contributed by atoms with Gasteiger partial charge in [-0.25, -0.2) is 0 Å². The zero-order chi connectivity index (χ0) is 10.0. The van der Waals surface area contributed by atoms with E-state index in [1.807, 2.05) is 0 Å². The van der Waals surface area contributed by atoms with Crippen LogP contribution in [0.1, 0.15) is 0 Å². The second-order valence-electron chi connectivity index (χ2n) is 2.30. The minimum Gasteiger partial charge on any atom is -0.192 e. The van der Waals surface area contributed by atoms with Crippen LogP contribution in [0.25, 0.3) is 0 Å². The molecule has 0 spiro atoms. The molecule has 0 radical (unpaired) electrons. The Kier molecular flexibility index (Phi) is 2.35. The summed E-state index contributed by atoms with van der Waals surface area (Å²) >= 11 is 0. The molecule has 0 bridgehead atoms. The predicted octanol–water partition coefficient (Wildman–Crippen LogP) is 2.96. The maximum atomic E-state index is 11.6. The van der Waals surface area contributed by atoms with Crippen LogP contribution in [-0.4, -0.2) is 23.7 Å². The largest absolute Gasteiger partial charge is 0.385 e. The fraction of sp³-hybridized carbons (Fsp3) is 1.00. The third-order valence-electron chi connectivity index (χ3n) is 1.58. The average molecular weight is 236 g/mol. The number of hydrogen-bond acceptors (Lipinski definition) is 0. The first-order valence-corrected chi connectivity index (χ1v) is 2.51. The Morgan fingerprint density at radius 1 is 0.385 bits per heavy atom. The van der Waals surface area contributed by atoms with Crippen LogP contribution < -0.4 is 0 Å². The van der Waals surface area contributed by atoms with Crippen molar-refractivity contribution < 1.29 is 35.1 Å². The quantitative estimate of drug-likeness (QED) is 0.567. The molecule has 0 aromatic rings. The van der Waals surface area contributed by atoms with E-state index in [2.05, 4.69) is 0 Å². The Balaban J connectivity index is 0.00000144. The highest BCUT2D eigenvalue weighted by molar-refractivity contribution is 5.85. The number of rotatable bonds is 0. The van der Waals surface area contributed by atoms with E-state index >= 15 is 0 Å². The molecule has 0 amide bonds. The zero-order valence-electron chi connectivity index (χ0n) is 5.43. The van der Waals surface area contributed by atoms with Crippen molar-refractivity contribution in [3.05, 3.63) is 0 Å². The fourth-order valence-electron chi connectivity index (χ4n) is 0.726. The molecular weight excluding hydrogens is 235 g/mol. The van der Waals surface area contributed by atoms with E-state index in [-0.39, 0.29) is 12.4 Å². The lowest BCUT2D eigenvalue weighted by atomic mass is 9.80. The summed E-state index contributed by atoms with van der Waals surface area (Å²) in [6.07, 6.45) is 0. The van der Waals surface area contributed by atoms with E-state index in [0.717, 1.165) is 0 Å². The van der Waals surface area contributed by atoms with E-state index in [9.17, 15) is 35.1 Å². The van der Waals surface area contributed by atoms with Gasteiger partial charge in [0.05, 0.1) is 0 Å². The van der Waals surface area contributed by atoms with Gasteiger partial charge in [0.25, 0.3) is 0 Å². The van der Waals surface area contributed by atoms with Crippen LogP contribution >= 0.6 is 12.4 Å². The van der Waals surface area contributed by atoms with Gasteiger partial charge in [-0.15, -0.1) is 12.4 Å². The van der Waals surface area contributed by atoms with Crippen molar-refractivity contribution in [2.75, 3.05) is 0 Å². The molecule has 1 aliphatic carbocycles. The smallest absolute Gasteiger partial charge is 0.192 e. The molecule has 0 aromatic heterocycles.